The lowest BCUT2D eigenvalue weighted by Crippen LogP contribution is -2.47. The Labute approximate surface area is 105 Å². The standard InChI is InChI=1S/C11H18BrN3O/c1-14-10(2-4-13-14)3-5-15-6-7-16-9-11(15)8-12/h2,4,11H,3,5-9H2,1H3. The summed E-state index contributed by atoms with van der Waals surface area (Å²) in [6.45, 7) is 3.82. The number of aromatic nitrogens is 2. The molecular weight excluding hydrogens is 270 g/mol. The SMILES string of the molecule is Cn1nccc1CCN1CCOCC1CBr. The fourth-order valence-corrected chi connectivity index (χ4v) is 2.63. The van der Waals surface area contributed by atoms with Crippen LogP contribution in [0.4, 0.5) is 0 Å². The summed E-state index contributed by atoms with van der Waals surface area (Å²) < 4.78 is 7.42. The molecule has 0 N–H and O–H groups in total. The molecule has 0 aromatic carbocycles. The molecular formula is C11H18BrN3O. The highest BCUT2D eigenvalue weighted by atomic mass is 79.9. The molecule has 1 aliphatic heterocycles. The third-order valence-electron chi connectivity index (χ3n) is 3.11. The van der Waals surface area contributed by atoms with Gasteiger partial charge in [0, 0.05) is 49.8 Å². The zero-order chi connectivity index (χ0) is 11.4. The summed E-state index contributed by atoms with van der Waals surface area (Å²) in [7, 11) is 2.00. The molecule has 1 atom stereocenters. The molecule has 1 aromatic heterocycles. The third kappa shape index (κ3) is 2.84. The highest BCUT2D eigenvalue weighted by molar-refractivity contribution is 9.09. The van der Waals surface area contributed by atoms with Crippen LogP contribution in [0, 0.1) is 0 Å². The summed E-state index contributed by atoms with van der Waals surface area (Å²) in [4.78, 5) is 2.49. The molecule has 0 aliphatic carbocycles. The Kier molecular flexibility index (Phi) is 4.37. The van der Waals surface area contributed by atoms with E-state index in [9.17, 15) is 0 Å². The zero-order valence-corrected chi connectivity index (χ0v) is 11.2. The Morgan fingerprint density at radius 1 is 1.62 bits per heavy atom. The summed E-state index contributed by atoms with van der Waals surface area (Å²) in [6, 6.07) is 2.60. The van der Waals surface area contributed by atoms with Gasteiger partial charge in [-0.2, -0.15) is 5.10 Å². The van der Waals surface area contributed by atoms with Gasteiger partial charge >= 0.3 is 0 Å². The van der Waals surface area contributed by atoms with E-state index < -0.39 is 0 Å². The van der Waals surface area contributed by atoms with Gasteiger partial charge in [-0.15, -0.1) is 0 Å². The van der Waals surface area contributed by atoms with Crippen molar-refractivity contribution in [3.63, 3.8) is 0 Å². The lowest BCUT2D eigenvalue weighted by Gasteiger charge is -2.34. The molecule has 1 fully saturated rings. The van der Waals surface area contributed by atoms with Crippen LogP contribution >= 0.6 is 15.9 Å². The van der Waals surface area contributed by atoms with Crippen LogP contribution in [0.3, 0.4) is 0 Å². The molecule has 4 nitrogen and oxygen atoms in total. The average Bonchev–Trinajstić information content (AvgIpc) is 2.72. The summed E-state index contributed by atoms with van der Waals surface area (Å²) in [5.41, 5.74) is 1.29. The molecule has 1 aromatic rings. The second-order valence-corrected chi connectivity index (χ2v) is 4.76. The number of aryl methyl sites for hydroxylation is 1. The van der Waals surface area contributed by atoms with E-state index in [1.807, 2.05) is 17.9 Å². The molecule has 0 saturated carbocycles. The summed E-state index contributed by atoms with van der Waals surface area (Å²) in [5, 5.41) is 5.17. The fraction of sp³-hybridized carbons (Fsp3) is 0.727. The topological polar surface area (TPSA) is 30.3 Å². The smallest absolute Gasteiger partial charge is 0.0630 e. The van der Waals surface area contributed by atoms with Crippen LogP contribution in [0.5, 0.6) is 0 Å². The first-order valence-corrected chi connectivity index (χ1v) is 6.78. The van der Waals surface area contributed by atoms with E-state index in [-0.39, 0.29) is 0 Å². The van der Waals surface area contributed by atoms with Gasteiger partial charge in [0.1, 0.15) is 0 Å². The molecule has 2 heterocycles. The van der Waals surface area contributed by atoms with Crippen molar-refractivity contribution in [2.24, 2.45) is 7.05 Å². The minimum absolute atomic E-state index is 0.516. The fourth-order valence-electron chi connectivity index (χ4n) is 2.03. The van der Waals surface area contributed by atoms with Crippen molar-refractivity contribution in [2.75, 3.05) is 31.6 Å². The lowest BCUT2D eigenvalue weighted by atomic mass is 10.2. The first-order chi connectivity index (χ1) is 7.81. The quantitative estimate of drug-likeness (QED) is 0.776. The van der Waals surface area contributed by atoms with Gasteiger partial charge in [0.15, 0.2) is 0 Å². The van der Waals surface area contributed by atoms with Gasteiger partial charge in [-0.25, -0.2) is 0 Å². The van der Waals surface area contributed by atoms with Gasteiger partial charge in [-0.05, 0) is 6.07 Å². The lowest BCUT2D eigenvalue weighted by molar-refractivity contribution is 0.00240. The monoisotopic (exact) mass is 287 g/mol. The number of alkyl halides is 1. The number of rotatable bonds is 4. The van der Waals surface area contributed by atoms with Crippen LogP contribution in [0.2, 0.25) is 0 Å². The average molecular weight is 288 g/mol. The maximum Gasteiger partial charge on any atom is 0.0630 e. The Balaban J connectivity index is 1.86. The number of hydrogen-bond donors (Lipinski definition) is 0. The van der Waals surface area contributed by atoms with Gasteiger partial charge in [0.05, 0.1) is 13.2 Å². The predicted octanol–water partition coefficient (Wildman–Crippen LogP) is 1.06. The molecule has 1 unspecified atom stereocenters. The molecule has 90 valence electrons. The molecule has 16 heavy (non-hydrogen) atoms. The second-order valence-electron chi connectivity index (χ2n) is 4.12. The number of hydrogen-bond acceptors (Lipinski definition) is 3. The van der Waals surface area contributed by atoms with E-state index in [2.05, 4.69) is 32.0 Å². The van der Waals surface area contributed by atoms with E-state index in [0.717, 1.165) is 38.1 Å². The van der Waals surface area contributed by atoms with Crippen LogP contribution < -0.4 is 0 Å². The van der Waals surface area contributed by atoms with Crippen molar-refractivity contribution in [3.8, 4) is 0 Å². The molecule has 1 saturated heterocycles. The molecule has 0 bridgehead atoms. The van der Waals surface area contributed by atoms with Crippen LogP contribution in [0.15, 0.2) is 12.3 Å². The van der Waals surface area contributed by atoms with Crippen LogP contribution in [0.1, 0.15) is 5.69 Å². The molecule has 1 aliphatic rings. The van der Waals surface area contributed by atoms with Crippen LogP contribution in [-0.2, 0) is 18.2 Å². The van der Waals surface area contributed by atoms with Crippen molar-refractivity contribution in [2.45, 2.75) is 12.5 Å². The summed E-state index contributed by atoms with van der Waals surface area (Å²) in [6.07, 6.45) is 2.91. The Hall–Kier alpha value is -0.390. The second kappa shape index (κ2) is 5.80. The van der Waals surface area contributed by atoms with Crippen LogP contribution in [0.25, 0.3) is 0 Å². The normalized spacial score (nSPS) is 22.5. The molecule has 0 spiro atoms. The first-order valence-electron chi connectivity index (χ1n) is 5.66. The van der Waals surface area contributed by atoms with Crippen molar-refractivity contribution < 1.29 is 4.74 Å². The van der Waals surface area contributed by atoms with E-state index in [1.54, 1.807) is 0 Å². The number of halogens is 1. The Morgan fingerprint density at radius 3 is 3.19 bits per heavy atom. The number of ether oxygens (including phenoxy) is 1. The minimum Gasteiger partial charge on any atom is -0.378 e. The van der Waals surface area contributed by atoms with E-state index >= 15 is 0 Å². The van der Waals surface area contributed by atoms with Crippen molar-refractivity contribution in [1.29, 1.82) is 0 Å². The molecule has 5 heteroatoms. The maximum absolute atomic E-state index is 5.47. The third-order valence-corrected chi connectivity index (χ3v) is 3.85. The van der Waals surface area contributed by atoms with Crippen molar-refractivity contribution in [3.05, 3.63) is 18.0 Å². The summed E-state index contributed by atoms with van der Waals surface area (Å²) >= 11 is 3.55. The molecule has 0 amide bonds. The van der Waals surface area contributed by atoms with E-state index in [1.165, 1.54) is 5.69 Å². The first kappa shape index (κ1) is 12.1. The van der Waals surface area contributed by atoms with Gasteiger partial charge in [-0.3, -0.25) is 9.58 Å². The van der Waals surface area contributed by atoms with Crippen molar-refractivity contribution >= 4 is 15.9 Å². The van der Waals surface area contributed by atoms with Crippen LogP contribution in [-0.4, -0.2) is 52.4 Å². The van der Waals surface area contributed by atoms with Gasteiger partial charge < -0.3 is 4.74 Å². The number of morpholine rings is 1. The minimum atomic E-state index is 0.516. The number of nitrogens with zero attached hydrogens (tertiary/aromatic N) is 3. The predicted molar refractivity (Wildman–Crippen MR) is 66.9 cm³/mol. The largest absolute Gasteiger partial charge is 0.378 e. The van der Waals surface area contributed by atoms with E-state index in [0.29, 0.717) is 6.04 Å². The Morgan fingerprint density at radius 2 is 2.50 bits per heavy atom. The maximum atomic E-state index is 5.47. The molecule has 0 radical (unpaired) electrons. The van der Waals surface area contributed by atoms with Gasteiger partial charge in [-0.1, -0.05) is 15.9 Å². The van der Waals surface area contributed by atoms with Gasteiger partial charge in [0.2, 0.25) is 0 Å². The Bertz CT molecular complexity index is 329. The molecule has 2 rings (SSSR count). The van der Waals surface area contributed by atoms with Gasteiger partial charge in [0.25, 0.3) is 0 Å². The highest BCUT2D eigenvalue weighted by Gasteiger charge is 2.21. The van der Waals surface area contributed by atoms with E-state index in [4.69, 9.17) is 4.74 Å². The van der Waals surface area contributed by atoms with Crippen molar-refractivity contribution in [1.82, 2.24) is 14.7 Å². The summed E-state index contributed by atoms with van der Waals surface area (Å²) in [5.74, 6) is 0. The highest BCUT2D eigenvalue weighted by Crippen LogP contribution is 2.10. The zero-order valence-electron chi connectivity index (χ0n) is 9.60.